The van der Waals surface area contributed by atoms with Crippen molar-refractivity contribution < 1.29 is 9.13 Å². The Hall–Kier alpha value is -2.70. The minimum atomic E-state index is -0.247. The average molecular weight is 440 g/mol. The summed E-state index contributed by atoms with van der Waals surface area (Å²) in [5.41, 5.74) is 3.95. The number of imidazole rings is 1. The van der Waals surface area contributed by atoms with Crippen molar-refractivity contribution in [2.24, 2.45) is 0 Å². The number of rotatable bonds is 7. The van der Waals surface area contributed by atoms with E-state index < -0.39 is 0 Å². The van der Waals surface area contributed by atoms with Crippen LogP contribution >= 0.6 is 15.9 Å². The molecule has 0 aliphatic heterocycles. The Bertz CT molecular complexity index is 1050. The van der Waals surface area contributed by atoms with E-state index in [1.165, 1.54) is 12.1 Å². The Morgan fingerprint density at radius 2 is 1.82 bits per heavy atom. The zero-order valence-corrected chi connectivity index (χ0v) is 16.7. The van der Waals surface area contributed by atoms with Crippen LogP contribution in [0.1, 0.15) is 17.0 Å². The Morgan fingerprint density at radius 3 is 2.64 bits per heavy atom. The van der Waals surface area contributed by atoms with E-state index in [1.807, 2.05) is 42.5 Å². The first-order valence-electron chi connectivity index (χ1n) is 8.97. The minimum absolute atomic E-state index is 0.247. The fourth-order valence-corrected chi connectivity index (χ4v) is 3.38. The number of aromatic amines is 1. The predicted octanol–water partition coefficient (Wildman–Crippen LogP) is 5.33. The van der Waals surface area contributed by atoms with E-state index in [2.05, 4.69) is 31.2 Å². The van der Waals surface area contributed by atoms with Gasteiger partial charge in [-0.15, -0.1) is 0 Å². The normalized spacial score (nSPS) is 11.1. The fourth-order valence-electron chi connectivity index (χ4n) is 2.97. The molecule has 0 unspecified atom stereocenters. The summed E-state index contributed by atoms with van der Waals surface area (Å²) in [6.07, 6.45) is 0. The molecule has 3 aromatic carbocycles. The molecule has 6 heteroatoms. The number of benzene rings is 3. The summed E-state index contributed by atoms with van der Waals surface area (Å²) in [7, 11) is 0. The highest BCUT2D eigenvalue weighted by molar-refractivity contribution is 9.10. The van der Waals surface area contributed by atoms with Gasteiger partial charge in [0.1, 0.15) is 24.0 Å². The van der Waals surface area contributed by atoms with E-state index in [1.54, 1.807) is 12.1 Å². The number of aromatic nitrogens is 2. The lowest BCUT2D eigenvalue weighted by atomic mass is 10.2. The first-order chi connectivity index (χ1) is 13.7. The number of nitrogens with zero attached hydrogens (tertiary/aromatic N) is 1. The molecular weight excluding hydrogens is 421 g/mol. The second kappa shape index (κ2) is 8.54. The van der Waals surface area contributed by atoms with E-state index in [0.717, 1.165) is 38.2 Å². The van der Waals surface area contributed by atoms with Gasteiger partial charge in [-0.2, -0.15) is 0 Å². The molecule has 0 atom stereocenters. The van der Waals surface area contributed by atoms with Gasteiger partial charge in [-0.25, -0.2) is 9.37 Å². The molecule has 2 N–H and O–H groups in total. The third-order valence-electron chi connectivity index (χ3n) is 4.38. The SMILES string of the molecule is Fc1ccc(COc2ccc(Br)cc2CNCc2nc3ccccc3[nH]2)cc1. The van der Waals surface area contributed by atoms with Crippen LogP contribution in [-0.4, -0.2) is 9.97 Å². The quantitative estimate of drug-likeness (QED) is 0.408. The highest BCUT2D eigenvalue weighted by atomic mass is 79.9. The van der Waals surface area contributed by atoms with Crippen molar-refractivity contribution in [3.05, 3.63) is 94.0 Å². The zero-order chi connectivity index (χ0) is 19.3. The van der Waals surface area contributed by atoms with Gasteiger partial charge in [0, 0.05) is 16.6 Å². The summed E-state index contributed by atoms with van der Waals surface area (Å²) in [5.74, 6) is 1.44. The van der Waals surface area contributed by atoms with E-state index in [-0.39, 0.29) is 5.82 Å². The van der Waals surface area contributed by atoms with Crippen molar-refractivity contribution in [3.63, 3.8) is 0 Å². The van der Waals surface area contributed by atoms with Gasteiger partial charge in [-0.05, 0) is 48.0 Å². The maximum absolute atomic E-state index is 13.0. The van der Waals surface area contributed by atoms with Crippen LogP contribution in [0.25, 0.3) is 11.0 Å². The van der Waals surface area contributed by atoms with E-state index >= 15 is 0 Å². The van der Waals surface area contributed by atoms with Crippen molar-refractivity contribution in [3.8, 4) is 5.75 Å². The number of fused-ring (bicyclic) bond motifs is 1. The van der Waals surface area contributed by atoms with Gasteiger partial charge in [0.2, 0.25) is 0 Å². The van der Waals surface area contributed by atoms with E-state index in [4.69, 9.17) is 4.74 Å². The molecule has 0 bridgehead atoms. The van der Waals surface area contributed by atoms with Gasteiger partial charge >= 0.3 is 0 Å². The van der Waals surface area contributed by atoms with Crippen LogP contribution in [0.4, 0.5) is 4.39 Å². The average Bonchev–Trinajstić information content (AvgIpc) is 3.11. The number of nitrogens with one attached hydrogen (secondary N) is 2. The van der Waals surface area contributed by atoms with Gasteiger partial charge in [0.25, 0.3) is 0 Å². The molecule has 0 saturated carbocycles. The van der Waals surface area contributed by atoms with Gasteiger partial charge in [0.15, 0.2) is 0 Å². The Kier molecular flexibility index (Phi) is 5.69. The van der Waals surface area contributed by atoms with Crippen molar-refractivity contribution >= 4 is 27.0 Å². The Morgan fingerprint density at radius 1 is 1.00 bits per heavy atom. The van der Waals surface area contributed by atoms with Crippen LogP contribution in [-0.2, 0) is 19.7 Å². The molecule has 1 aromatic heterocycles. The summed E-state index contributed by atoms with van der Waals surface area (Å²) in [6, 6.07) is 20.2. The van der Waals surface area contributed by atoms with Crippen molar-refractivity contribution in [2.75, 3.05) is 0 Å². The number of H-pyrrole nitrogens is 1. The Balaban J connectivity index is 1.40. The molecule has 4 nitrogen and oxygen atoms in total. The van der Waals surface area contributed by atoms with Gasteiger partial charge in [0.05, 0.1) is 17.6 Å². The second-order valence-electron chi connectivity index (χ2n) is 6.47. The molecule has 0 aliphatic carbocycles. The minimum Gasteiger partial charge on any atom is -0.489 e. The maximum Gasteiger partial charge on any atom is 0.124 e. The molecule has 0 aliphatic rings. The Labute approximate surface area is 170 Å². The first-order valence-corrected chi connectivity index (χ1v) is 9.77. The van der Waals surface area contributed by atoms with Crippen LogP contribution in [0.5, 0.6) is 5.75 Å². The van der Waals surface area contributed by atoms with Gasteiger partial charge in [-0.3, -0.25) is 0 Å². The summed E-state index contributed by atoms with van der Waals surface area (Å²) in [6.45, 7) is 1.65. The van der Waals surface area contributed by atoms with Crippen molar-refractivity contribution in [1.29, 1.82) is 0 Å². The highest BCUT2D eigenvalue weighted by Crippen LogP contribution is 2.24. The molecular formula is C22H19BrFN3O. The zero-order valence-electron chi connectivity index (χ0n) is 15.1. The van der Waals surface area contributed by atoms with Crippen molar-refractivity contribution in [1.82, 2.24) is 15.3 Å². The molecule has 4 aromatic rings. The largest absolute Gasteiger partial charge is 0.489 e. The van der Waals surface area contributed by atoms with E-state index in [9.17, 15) is 4.39 Å². The standard InChI is InChI=1S/C22H19BrFN3O/c23-17-7-10-21(28-14-15-5-8-18(24)9-6-15)16(11-17)12-25-13-22-26-19-3-1-2-4-20(19)27-22/h1-11,25H,12-14H2,(H,26,27). The number of halogens is 2. The summed E-state index contributed by atoms with van der Waals surface area (Å²) >= 11 is 3.52. The van der Waals surface area contributed by atoms with Crippen LogP contribution in [0.2, 0.25) is 0 Å². The van der Waals surface area contributed by atoms with Crippen LogP contribution in [0, 0.1) is 5.82 Å². The van der Waals surface area contributed by atoms with Crippen LogP contribution < -0.4 is 10.1 Å². The molecule has 0 saturated heterocycles. The molecule has 0 spiro atoms. The van der Waals surface area contributed by atoms with Gasteiger partial charge < -0.3 is 15.0 Å². The summed E-state index contributed by atoms with van der Waals surface area (Å²) in [5, 5.41) is 3.41. The number of hydrogen-bond donors (Lipinski definition) is 2. The third-order valence-corrected chi connectivity index (χ3v) is 4.87. The summed E-state index contributed by atoms with van der Waals surface area (Å²) < 4.78 is 20.0. The smallest absolute Gasteiger partial charge is 0.124 e. The molecule has 0 amide bonds. The van der Waals surface area contributed by atoms with Crippen molar-refractivity contribution in [2.45, 2.75) is 19.7 Å². The first kappa shape index (κ1) is 18.7. The lowest BCUT2D eigenvalue weighted by molar-refractivity contribution is 0.302. The fraction of sp³-hybridized carbons (Fsp3) is 0.136. The van der Waals surface area contributed by atoms with Crippen LogP contribution in [0.15, 0.2) is 71.2 Å². The topological polar surface area (TPSA) is 49.9 Å². The number of para-hydroxylation sites is 2. The molecule has 28 heavy (non-hydrogen) atoms. The van der Waals surface area contributed by atoms with Gasteiger partial charge in [-0.1, -0.05) is 40.2 Å². The number of ether oxygens (including phenoxy) is 1. The van der Waals surface area contributed by atoms with E-state index in [0.29, 0.717) is 19.7 Å². The molecule has 142 valence electrons. The monoisotopic (exact) mass is 439 g/mol. The number of hydrogen-bond acceptors (Lipinski definition) is 3. The molecule has 0 radical (unpaired) electrons. The lowest BCUT2D eigenvalue weighted by Crippen LogP contribution is -2.14. The maximum atomic E-state index is 13.0. The molecule has 1 heterocycles. The highest BCUT2D eigenvalue weighted by Gasteiger charge is 2.07. The molecule has 4 rings (SSSR count). The lowest BCUT2D eigenvalue weighted by Gasteiger charge is -2.13. The predicted molar refractivity (Wildman–Crippen MR) is 112 cm³/mol. The second-order valence-corrected chi connectivity index (χ2v) is 7.39. The van der Waals surface area contributed by atoms with Crippen LogP contribution in [0.3, 0.4) is 0 Å². The summed E-state index contributed by atoms with van der Waals surface area (Å²) in [4.78, 5) is 7.89. The third kappa shape index (κ3) is 4.58. The molecule has 0 fully saturated rings.